The smallest absolute Gasteiger partial charge is 0.261 e. The molecule has 0 spiro atoms. The van der Waals surface area contributed by atoms with Gasteiger partial charge in [0.1, 0.15) is 0 Å². The van der Waals surface area contributed by atoms with Gasteiger partial charge in [0.25, 0.3) is 5.91 Å². The van der Waals surface area contributed by atoms with Gasteiger partial charge in [-0.15, -0.1) is 0 Å². The highest BCUT2D eigenvalue weighted by Gasteiger charge is 2.29. The van der Waals surface area contributed by atoms with Crippen LogP contribution in [-0.4, -0.2) is 28.5 Å². The third-order valence-corrected chi connectivity index (χ3v) is 5.66. The van der Waals surface area contributed by atoms with Crippen molar-refractivity contribution < 1.29 is 4.79 Å². The Hall–Kier alpha value is -3.21. The molecule has 1 atom stereocenters. The lowest BCUT2D eigenvalue weighted by atomic mass is 10.0. The predicted molar refractivity (Wildman–Crippen MR) is 110 cm³/mol. The molecule has 2 aliphatic heterocycles. The fraction of sp³-hybridized carbons (Fsp3) is 0.261. The molecule has 2 aromatic carbocycles. The molecule has 0 radical (unpaired) electrons. The molecule has 140 valence electrons. The lowest BCUT2D eigenvalue weighted by Gasteiger charge is -2.29. The molecule has 1 aromatic heterocycles. The molecule has 3 aromatic rings. The van der Waals surface area contributed by atoms with Gasteiger partial charge in [-0.1, -0.05) is 36.4 Å². The van der Waals surface area contributed by atoms with Crippen molar-refractivity contribution in [3.8, 4) is 0 Å². The first-order valence-electron chi connectivity index (χ1n) is 9.81. The molecule has 5 rings (SSSR count). The van der Waals surface area contributed by atoms with Gasteiger partial charge in [-0.2, -0.15) is 0 Å². The zero-order chi connectivity index (χ0) is 19.1. The van der Waals surface area contributed by atoms with Crippen LogP contribution in [0, 0.1) is 0 Å². The van der Waals surface area contributed by atoms with Crippen molar-refractivity contribution in [1.29, 1.82) is 0 Å². The minimum Gasteiger partial charge on any atom is -0.308 e. The standard InChI is InChI=1S/C23H22N4O/c1-16-13-18-8-3-5-11-21(18)27(16)23-24-14-19(15-25-23)22(28)26-12-6-9-17-7-2-4-10-20(17)26/h2-5,7-8,10-11,14-16H,6,9,12-13H2,1H3. The largest absolute Gasteiger partial charge is 0.308 e. The number of carbonyl (C=O) groups is 1. The van der Waals surface area contributed by atoms with Crippen LogP contribution < -0.4 is 9.80 Å². The third kappa shape index (κ3) is 2.74. The molecule has 3 heterocycles. The van der Waals surface area contributed by atoms with Crippen LogP contribution >= 0.6 is 0 Å². The van der Waals surface area contributed by atoms with Crippen molar-refractivity contribution in [3.05, 3.63) is 77.6 Å². The van der Waals surface area contributed by atoms with Crippen LogP contribution in [-0.2, 0) is 12.8 Å². The van der Waals surface area contributed by atoms with Gasteiger partial charge in [-0.3, -0.25) is 4.79 Å². The first-order valence-corrected chi connectivity index (χ1v) is 9.81. The Morgan fingerprint density at radius 3 is 2.43 bits per heavy atom. The van der Waals surface area contributed by atoms with Gasteiger partial charge >= 0.3 is 0 Å². The first-order chi connectivity index (χ1) is 13.7. The Kier molecular flexibility index (Phi) is 4.08. The number of nitrogens with zero attached hydrogens (tertiary/aromatic N) is 4. The molecular weight excluding hydrogens is 348 g/mol. The second kappa shape index (κ2) is 6.75. The number of hydrogen-bond acceptors (Lipinski definition) is 4. The number of carbonyl (C=O) groups excluding carboxylic acids is 1. The van der Waals surface area contributed by atoms with Gasteiger partial charge in [0.05, 0.1) is 5.56 Å². The number of hydrogen-bond donors (Lipinski definition) is 0. The average Bonchev–Trinajstić information content (AvgIpc) is 3.08. The summed E-state index contributed by atoms with van der Waals surface area (Å²) in [6.45, 7) is 2.90. The maximum absolute atomic E-state index is 13.1. The van der Waals surface area contributed by atoms with E-state index in [9.17, 15) is 4.79 Å². The number of aromatic nitrogens is 2. The molecule has 0 bridgehead atoms. The number of para-hydroxylation sites is 2. The molecule has 1 unspecified atom stereocenters. The molecule has 5 nitrogen and oxygen atoms in total. The molecule has 2 aliphatic rings. The number of amides is 1. The Balaban J connectivity index is 1.43. The summed E-state index contributed by atoms with van der Waals surface area (Å²) < 4.78 is 0. The molecule has 28 heavy (non-hydrogen) atoms. The van der Waals surface area contributed by atoms with Crippen molar-refractivity contribution in [1.82, 2.24) is 9.97 Å². The van der Waals surface area contributed by atoms with Gasteiger partial charge in [-0.25, -0.2) is 9.97 Å². The van der Waals surface area contributed by atoms with Crippen molar-refractivity contribution in [2.24, 2.45) is 0 Å². The van der Waals surface area contributed by atoms with E-state index in [1.165, 1.54) is 11.1 Å². The van der Waals surface area contributed by atoms with Crippen molar-refractivity contribution >= 4 is 23.2 Å². The van der Waals surface area contributed by atoms with Crippen molar-refractivity contribution in [2.75, 3.05) is 16.3 Å². The normalized spacial score (nSPS) is 18.0. The SMILES string of the molecule is CC1Cc2ccccc2N1c1ncc(C(=O)N2CCCc3ccccc32)cn1. The van der Waals surface area contributed by atoms with Gasteiger partial charge in [-0.05, 0) is 49.4 Å². The van der Waals surface area contributed by atoms with Crippen LogP contribution in [0.3, 0.4) is 0 Å². The van der Waals surface area contributed by atoms with Gasteiger partial charge in [0.2, 0.25) is 5.95 Å². The molecule has 5 heteroatoms. The maximum Gasteiger partial charge on any atom is 0.261 e. The van der Waals surface area contributed by atoms with E-state index < -0.39 is 0 Å². The summed E-state index contributed by atoms with van der Waals surface area (Å²) in [4.78, 5) is 26.2. The van der Waals surface area contributed by atoms with Gasteiger partial charge < -0.3 is 9.80 Å². The summed E-state index contributed by atoms with van der Waals surface area (Å²) in [5, 5.41) is 0. The lowest BCUT2D eigenvalue weighted by molar-refractivity contribution is 0.0984. The van der Waals surface area contributed by atoms with Gasteiger partial charge in [0, 0.05) is 36.4 Å². The predicted octanol–water partition coefficient (Wildman–Crippen LogP) is 4.15. The Labute approximate surface area is 164 Å². The second-order valence-electron chi connectivity index (χ2n) is 7.51. The van der Waals surface area contributed by atoms with Crippen LogP contribution in [0.1, 0.15) is 34.8 Å². The quantitative estimate of drug-likeness (QED) is 0.680. The number of rotatable bonds is 2. The highest BCUT2D eigenvalue weighted by molar-refractivity contribution is 6.06. The van der Waals surface area contributed by atoms with Gasteiger partial charge in [0.15, 0.2) is 0 Å². The minimum atomic E-state index is -0.0337. The van der Waals surface area contributed by atoms with E-state index in [0.717, 1.165) is 37.2 Å². The third-order valence-electron chi connectivity index (χ3n) is 5.66. The summed E-state index contributed by atoms with van der Waals surface area (Å²) >= 11 is 0. The molecule has 0 saturated carbocycles. The van der Waals surface area contributed by atoms with E-state index in [0.29, 0.717) is 17.6 Å². The zero-order valence-corrected chi connectivity index (χ0v) is 15.9. The van der Waals surface area contributed by atoms with Crippen LogP contribution in [0.25, 0.3) is 0 Å². The molecule has 0 fully saturated rings. The first kappa shape index (κ1) is 16.9. The van der Waals surface area contributed by atoms with Crippen LogP contribution in [0.2, 0.25) is 0 Å². The molecular formula is C23H22N4O. The minimum absolute atomic E-state index is 0.0337. The number of benzene rings is 2. The molecule has 0 aliphatic carbocycles. The van der Waals surface area contributed by atoms with E-state index in [1.54, 1.807) is 12.4 Å². The van der Waals surface area contributed by atoms with Crippen molar-refractivity contribution in [3.63, 3.8) is 0 Å². The van der Waals surface area contributed by atoms with E-state index in [2.05, 4.69) is 46.1 Å². The van der Waals surface area contributed by atoms with Crippen LogP contribution in [0.5, 0.6) is 0 Å². The topological polar surface area (TPSA) is 49.3 Å². The number of fused-ring (bicyclic) bond motifs is 2. The van der Waals surface area contributed by atoms with Crippen molar-refractivity contribution in [2.45, 2.75) is 32.2 Å². The zero-order valence-electron chi connectivity index (χ0n) is 15.9. The summed E-state index contributed by atoms with van der Waals surface area (Å²) in [5.74, 6) is 0.613. The highest BCUT2D eigenvalue weighted by atomic mass is 16.2. The summed E-state index contributed by atoms with van der Waals surface area (Å²) in [7, 11) is 0. The Bertz CT molecular complexity index is 1030. The summed E-state index contributed by atoms with van der Waals surface area (Å²) in [5.41, 5.74) is 5.22. The monoisotopic (exact) mass is 370 g/mol. The number of anilines is 3. The van der Waals surface area contributed by atoms with E-state index in [4.69, 9.17) is 0 Å². The lowest BCUT2D eigenvalue weighted by Crippen LogP contribution is -2.35. The molecule has 1 amide bonds. The molecule has 0 saturated heterocycles. The van der Waals surface area contributed by atoms with Crippen LogP contribution in [0.15, 0.2) is 60.9 Å². The van der Waals surface area contributed by atoms with E-state index >= 15 is 0 Å². The fourth-order valence-corrected chi connectivity index (χ4v) is 4.33. The molecule has 0 N–H and O–H groups in total. The Morgan fingerprint density at radius 2 is 1.64 bits per heavy atom. The summed E-state index contributed by atoms with van der Waals surface area (Å²) in [6, 6.07) is 16.8. The van der Waals surface area contributed by atoms with E-state index in [-0.39, 0.29) is 5.91 Å². The average molecular weight is 370 g/mol. The maximum atomic E-state index is 13.1. The Morgan fingerprint density at radius 1 is 0.964 bits per heavy atom. The van der Waals surface area contributed by atoms with Crippen LogP contribution in [0.4, 0.5) is 17.3 Å². The second-order valence-corrected chi connectivity index (χ2v) is 7.51. The highest BCUT2D eigenvalue weighted by Crippen LogP contribution is 2.36. The summed E-state index contributed by atoms with van der Waals surface area (Å²) in [6.07, 6.45) is 6.29. The number of aryl methyl sites for hydroxylation is 1. The fourth-order valence-electron chi connectivity index (χ4n) is 4.33. The van der Waals surface area contributed by atoms with E-state index in [1.807, 2.05) is 29.2 Å².